The van der Waals surface area contributed by atoms with Crippen molar-refractivity contribution in [3.63, 3.8) is 0 Å². The van der Waals surface area contributed by atoms with Crippen LogP contribution in [0.5, 0.6) is 5.75 Å². The summed E-state index contributed by atoms with van der Waals surface area (Å²) in [6.45, 7) is 0.293. The Hall–Kier alpha value is -3.13. The number of carbonyl (C=O) groups is 2. The molecule has 1 aliphatic heterocycles. The topological polar surface area (TPSA) is 99.0 Å². The zero-order valence-corrected chi connectivity index (χ0v) is 15.0. The molecule has 8 nitrogen and oxygen atoms in total. The lowest BCUT2D eigenvalue weighted by atomic mass is 10.2. The summed E-state index contributed by atoms with van der Waals surface area (Å²) in [5, 5.41) is 11.2. The van der Waals surface area contributed by atoms with Crippen LogP contribution in [0, 0.1) is 10.1 Å². The normalized spacial score (nSPS) is 16.3. The van der Waals surface area contributed by atoms with Crippen molar-refractivity contribution in [1.82, 2.24) is 0 Å². The molecule has 27 heavy (non-hydrogen) atoms. The molecule has 1 amide bonds. The van der Waals surface area contributed by atoms with Gasteiger partial charge in [-0.25, -0.2) is 4.79 Å². The zero-order valence-electron chi connectivity index (χ0n) is 14.3. The first-order valence-electron chi connectivity index (χ1n) is 8.01. The van der Waals surface area contributed by atoms with Crippen LogP contribution in [-0.4, -0.2) is 36.6 Å². The molecule has 1 aliphatic rings. The second kappa shape index (κ2) is 7.63. The predicted octanol–water partition coefficient (Wildman–Crippen LogP) is 3.22. The summed E-state index contributed by atoms with van der Waals surface area (Å²) in [5.41, 5.74) is 0.469. The number of amides is 1. The van der Waals surface area contributed by atoms with Gasteiger partial charge in [-0.05, 0) is 24.3 Å². The fraction of sp³-hybridized carbons (Fsp3) is 0.222. The van der Waals surface area contributed by atoms with Gasteiger partial charge < -0.3 is 14.4 Å². The smallest absolute Gasteiger partial charge is 0.338 e. The van der Waals surface area contributed by atoms with Gasteiger partial charge in [0.25, 0.3) is 11.6 Å². The third kappa shape index (κ3) is 3.85. The Labute approximate surface area is 159 Å². The van der Waals surface area contributed by atoms with E-state index in [9.17, 15) is 19.7 Å². The highest BCUT2D eigenvalue weighted by Crippen LogP contribution is 2.28. The molecule has 0 aromatic heterocycles. The lowest BCUT2D eigenvalue weighted by molar-refractivity contribution is -0.384. The molecule has 2 aromatic carbocycles. The molecular formula is C18H15ClN2O6. The van der Waals surface area contributed by atoms with Gasteiger partial charge in [-0.15, -0.1) is 0 Å². The van der Waals surface area contributed by atoms with Crippen LogP contribution in [0.25, 0.3) is 0 Å². The maximum Gasteiger partial charge on any atom is 0.338 e. The number of non-ortho nitro benzene ring substituents is 1. The summed E-state index contributed by atoms with van der Waals surface area (Å²) in [6.07, 6.45) is -0.672. The number of hydrogen-bond donors (Lipinski definition) is 0. The number of nitro groups is 1. The van der Waals surface area contributed by atoms with E-state index in [4.69, 9.17) is 21.1 Å². The standard InChI is InChI=1S/C18H15ClN2O6/c1-26-15-6-5-11(9-14(15)19)18(23)27-16-7-8-20(17(16)22)12-3-2-4-13(10-12)21(24)25/h2-6,9-10,16H,7-8H2,1H3. The van der Waals surface area contributed by atoms with Gasteiger partial charge in [0.05, 0.1) is 28.3 Å². The first-order valence-corrected chi connectivity index (χ1v) is 8.39. The number of methoxy groups -OCH3 is 1. The second-order valence-electron chi connectivity index (χ2n) is 5.80. The van der Waals surface area contributed by atoms with Crippen molar-refractivity contribution < 1.29 is 24.0 Å². The molecule has 140 valence electrons. The van der Waals surface area contributed by atoms with Crippen molar-refractivity contribution in [2.45, 2.75) is 12.5 Å². The highest BCUT2D eigenvalue weighted by molar-refractivity contribution is 6.32. The number of hydrogen-bond acceptors (Lipinski definition) is 6. The molecule has 0 bridgehead atoms. The number of esters is 1. The first-order chi connectivity index (χ1) is 12.9. The Balaban J connectivity index is 1.72. The van der Waals surface area contributed by atoms with Crippen molar-refractivity contribution in [3.8, 4) is 5.75 Å². The maximum absolute atomic E-state index is 12.6. The molecule has 1 heterocycles. The third-order valence-electron chi connectivity index (χ3n) is 4.15. The number of nitro benzene ring substituents is 1. The number of halogens is 1. The molecule has 1 fully saturated rings. The van der Waals surface area contributed by atoms with Crippen molar-refractivity contribution >= 4 is 34.9 Å². The predicted molar refractivity (Wildman–Crippen MR) is 97.3 cm³/mol. The molecule has 9 heteroatoms. The summed E-state index contributed by atoms with van der Waals surface area (Å²) in [6, 6.07) is 10.2. The van der Waals surface area contributed by atoms with E-state index in [1.807, 2.05) is 0 Å². The Morgan fingerprint density at radius 2 is 2.07 bits per heavy atom. The van der Waals surface area contributed by atoms with Crippen molar-refractivity contribution in [2.75, 3.05) is 18.6 Å². The van der Waals surface area contributed by atoms with Crippen LogP contribution in [0.3, 0.4) is 0 Å². The average molecular weight is 391 g/mol. The quantitative estimate of drug-likeness (QED) is 0.441. The van der Waals surface area contributed by atoms with Gasteiger partial charge in [-0.1, -0.05) is 17.7 Å². The van der Waals surface area contributed by atoms with Crippen LogP contribution in [0.4, 0.5) is 11.4 Å². The van der Waals surface area contributed by atoms with E-state index in [1.54, 1.807) is 6.07 Å². The molecular weight excluding hydrogens is 376 g/mol. The van der Waals surface area contributed by atoms with Gasteiger partial charge in [0.2, 0.25) is 0 Å². The van der Waals surface area contributed by atoms with Crippen LogP contribution in [0.1, 0.15) is 16.8 Å². The summed E-state index contributed by atoms with van der Waals surface area (Å²) in [5.74, 6) is -0.691. The molecule has 1 unspecified atom stereocenters. The second-order valence-corrected chi connectivity index (χ2v) is 6.21. The molecule has 2 aromatic rings. The molecule has 0 aliphatic carbocycles. The Morgan fingerprint density at radius 3 is 2.74 bits per heavy atom. The number of ether oxygens (including phenoxy) is 2. The summed E-state index contributed by atoms with van der Waals surface area (Å²) in [7, 11) is 1.46. The lowest BCUT2D eigenvalue weighted by Crippen LogP contribution is -2.32. The van der Waals surface area contributed by atoms with Gasteiger partial charge in [-0.3, -0.25) is 14.9 Å². The van der Waals surface area contributed by atoms with E-state index >= 15 is 0 Å². The van der Waals surface area contributed by atoms with Crippen molar-refractivity contribution in [1.29, 1.82) is 0 Å². The van der Waals surface area contributed by atoms with Gasteiger partial charge >= 0.3 is 5.97 Å². The van der Waals surface area contributed by atoms with Gasteiger partial charge in [0.1, 0.15) is 5.75 Å². The van der Waals surface area contributed by atoms with Crippen LogP contribution in [-0.2, 0) is 9.53 Å². The molecule has 1 atom stereocenters. The molecule has 0 saturated carbocycles. The fourth-order valence-electron chi connectivity index (χ4n) is 2.78. The monoisotopic (exact) mass is 390 g/mol. The molecule has 0 spiro atoms. The van der Waals surface area contributed by atoms with E-state index in [-0.39, 0.29) is 22.7 Å². The van der Waals surface area contributed by atoms with E-state index in [1.165, 1.54) is 48.4 Å². The van der Waals surface area contributed by atoms with E-state index in [0.29, 0.717) is 18.0 Å². The first kappa shape index (κ1) is 18.7. The van der Waals surface area contributed by atoms with Crippen LogP contribution < -0.4 is 9.64 Å². The van der Waals surface area contributed by atoms with Crippen molar-refractivity contribution in [3.05, 3.63) is 63.2 Å². The Kier molecular flexibility index (Phi) is 5.27. The number of nitrogens with zero attached hydrogens (tertiary/aromatic N) is 2. The summed E-state index contributed by atoms with van der Waals surface area (Å²) >= 11 is 6.00. The fourth-order valence-corrected chi connectivity index (χ4v) is 3.04. The highest BCUT2D eigenvalue weighted by Gasteiger charge is 2.36. The lowest BCUT2D eigenvalue weighted by Gasteiger charge is -2.16. The van der Waals surface area contributed by atoms with Gasteiger partial charge in [-0.2, -0.15) is 0 Å². The molecule has 3 rings (SSSR count). The SMILES string of the molecule is COc1ccc(C(=O)OC2CCN(c3cccc([N+](=O)[O-])c3)C2=O)cc1Cl. The van der Waals surface area contributed by atoms with Gasteiger partial charge in [0, 0.05) is 25.1 Å². The van der Waals surface area contributed by atoms with Crippen LogP contribution in [0.15, 0.2) is 42.5 Å². The number of benzene rings is 2. The average Bonchev–Trinajstić information content (AvgIpc) is 3.02. The minimum absolute atomic E-state index is 0.117. The van der Waals surface area contributed by atoms with Gasteiger partial charge in [0.15, 0.2) is 6.10 Å². The molecule has 0 N–H and O–H groups in total. The molecule has 0 radical (unpaired) electrons. The largest absolute Gasteiger partial charge is 0.495 e. The highest BCUT2D eigenvalue weighted by atomic mass is 35.5. The molecule has 1 saturated heterocycles. The van der Waals surface area contributed by atoms with E-state index in [2.05, 4.69) is 0 Å². The van der Waals surface area contributed by atoms with E-state index in [0.717, 1.165) is 0 Å². The number of carbonyl (C=O) groups excluding carboxylic acids is 2. The Morgan fingerprint density at radius 1 is 1.30 bits per heavy atom. The maximum atomic E-state index is 12.6. The number of rotatable bonds is 5. The number of anilines is 1. The van der Waals surface area contributed by atoms with E-state index < -0.39 is 22.9 Å². The summed E-state index contributed by atoms with van der Waals surface area (Å²) < 4.78 is 10.3. The minimum Gasteiger partial charge on any atom is -0.495 e. The minimum atomic E-state index is -0.961. The third-order valence-corrected chi connectivity index (χ3v) is 4.44. The Bertz CT molecular complexity index is 916. The van der Waals surface area contributed by atoms with Crippen molar-refractivity contribution in [2.24, 2.45) is 0 Å². The zero-order chi connectivity index (χ0) is 19.6. The van der Waals surface area contributed by atoms with Crippen LogP contribution in [0.2, 0.25) is 5.02 Å². The van der Waals surface area contributed by atoms with Crippen LogP contribution >= 0.6 is 11.6 Å². The summed E-state index contributed by atoms with van der Waals surface area (Å²) in [4.78, 5) is 36.6.